The number of hydrogen-bond donors (Lipinski definition) is 0. The summed E-state index contributed by atoms with van der Waals surface area (Å²) in [6, 6.07) is 16.2. The minimum Gasteiger partial charge on any atom is -0.466 e. The number of rotatable bonds is 6. The van der Waals surface area contributed by atoms with Gasteiger partial charge in [-0.15, -0.1) is 0 Å². The van der Waals surface area contributed by atoms with Crippen LogP contribution < -0.4 is 0 Å². The van der Waals surface area contributed by atoms with Gasteiger partial charge in [0.1, 0.15) is 6.61 Å². The maximum atomic E-state index is 12.6. The third kappa shape index (κ3) is 4.01. The summed E-state index contributed by atoms with van der Waals surface area (Å²) in [6.07, 6.45) is 3.13. The third-order valence-corrected chi connectivity index (χ3v) is 5.71. The highest BCUT2D eigenvalue weighted by Gasteiger charge is 2.61. The van der Waals surface area contributed by atoms with Crippen LogP contribution in [-0.4, -0.2) is 19.0 Å². The molecule has 2 aromatic carbocycles. The summed E-state index contributed by atoms with van der Waals surface area (Å²) in [5.74, 6) is -0.904. The first kappa shape index (κ1) is 19.9. The van der Waals surface area contributed by atoms with Gasteiger partial charge < -0.3 is 9.47 Å². The second-order valence-electron chi connectivity index (χ2n) is 7.77. The first-order valence-corrected chi connectivity index (χ1v) is 9.43. The molecule has 3 rings (SSSR count). The number of carbonyl (C=O) groups is 2. The molecular formula is C24H26O4. The molecule has 1 aliphatic carbocycles. The Bertz CT molecular complexity index is 896. The van der Waals surface area contributed by atoms with E-state index in [4.69, 9.17) is 4.74 Å². The molecule has 1 fully saturated rings. The predicted molar refractivity (Wildman–Crippen MR) is 108 cm³/mol. The Morgan fingerprint density at radius 2 is 1.79 bits per heavy atom. The molecule has 146 valence electrons. The van der Waals surface area contributed by atoms with Crippen molar-refractivity contribution in [2.75, 3.05) is 7.11 Å². The van der Waals surface area contributed by atoms with Crippen molar-refractivity contribution in [3.05, 3.63) is 71.8 Å². The fraction of sp³-hybridized carbons (Fsp3) is 0.333. The molecule has 1 aliphatic rings. The van der Waals surface area contributed by atoms with Crippen LogP contribution in [0.3, 0.4) is 0 Å². The molecule has 1 saturated carbocycles. The van der Waals surface area contributed by atoms with Crippen LogP contribution in [0.1, 0.15) is 25.0 Å². The van der Waals surface area contributed by atoms with E-state index in [-0.39, 0.29) is 29.8 Å². The van der Waals surface area contributed by atoms with Crippen LogP contribution in [0.4, 0.5) is 0 Å². The van der Waals surface area contributed by atoms with Crippen LogP contribution >= 0.6 is 0 Å². The highest BCUT2D eigenvalue weighted by molar-refractivity contribution is 5.83. The highest BCUT2D eigenvalue weighted by Crippen LogP contribution is 2.59. The second-order valence-corrected chi connectivity index (χ2v) is 7.77. The van der Waals surface area contributed by atoms with Crippen LogP contribution in [0.5, 0.6) is 0 Å². The molecule has 0 aliphatic heterocycles. The number of ether oxygens (including phenoxy) is 2. The summed E-state index contributed by atoms with van der Waals surface area (Å²) in [7, 11) is 1.34. The SMILES string of the molecule is COC(=O)C=CC1C(C(=O)OCc2cccc(-c3ccccc3)c2C)C1(C)C. The largest absolute Gasteiger partial charge is 0.466 e. The zero-order chi connectivity index (χ0) is 20.3. The van der Waals surface area contributed by atoms with Crippen LogP contribution in [0, 0.1) is 24.2 Å². The second kappa shape index (κ2) is 8.01. The van der Waals surface area contributed by atoms with Crippen molar-refractivity contribution in [3.8, 4) is 11.1 Å². The van der Waals surface area contributed by atoms with Crippen LogP contribution in [0.2, 0.25) is 0 Å². The molecule has 2 aromatic rings. The molecule has 0 spiro atoms. The molecule has 0 bridgehead atoms. The van der Waals surface area contributed by atoms with Crippen LogP contribution in [0.15, 0.2) is 60.7 Å². The van der Waals surface area contributed by atoms with Gasteiger partial charge in [-0.05, 0) is 40.5 Å². The van der Waals surface area contributed by atoms with E-state index in [0.29, 0.717) is 0 Å². The zero-order valence-electron chi connectivity index (χ0n) is 16.8. The van der Waals surface area contributed by atoms with Crippen molar-refractivity contribution in [2.45, 2.75) is 27.4 Å². The van der Waals surface area contributed by atoms with Gasteiger partial charge >= 0.3 is 11.9 Å². The van der Waals surface area contributed by atoms with Gasteiger partial charge in [-0.3, -0.25) is 4.79 Å². The van der Waals surface area contributed by atoms with Gasteiger partial charge in [0.2, 0.25) is 0 Å². The van der Waals surface area contributed by atoms with Crippen molar-refractivity contribution in [1.29, 1.82) is 0 Å². The van der Waals surface area contributed by atoms with Crippen molar-refractivity contribution in [2.24, 2.45) is 17.3 Å². The number of benzene rings is 2. The van der Waals surface area contributed by atoms with Crippen molar-refractivity contribution < 1.29 is 19.1 Å². The average Bonchev–Trinajstić information content (AvgIpc) is 3.26. The van der Waals surface area contributed by atoms with Crippen LogP contribution in [-0.2, 0) is 25.7 Å². The maximum Gasteiger partial charge on any atom is 0.330 e. The fourth-order valence-corrected chi connectivity index (χ4v) is 3.75. The van der Waals surface area contributed by atoms with E-state index in [1.807, 2.05) is 44.2 Å². The maximum absolute atomic E-state index is 12.6. The van der Waals surface area contributed by atoms with Crippen molar-refractivity contribution in [1.82, 2.24) is 0 Å². The highest BCUT2D eigenvalue weighted by atomic mass is 16.5. The van der Waals surface area contributed by atoms with E-state index in [1.54, 1.807) is 6.08 Å². The number of esters is 2. The Hall–Kier alpha value is -2.88. The summed E-state index contributed by atoms with van der Waals surface area (Å²) in [4.78, 5) is 23.9. The predicted octanol–water partition coefficient (Wildman–Crippen LogP) is 4.71. The summed E-state index contributed by atoms with van der Waals surface area (Å²) >= 11 is 0. The normalized spacial score (nSPS) is 20.0. The summed E-state index contributed by atoms with van der Waals surface area (Å²) in [5, 5.41) is 0. The van der Waals surface area contributed by atoms with Gasteiger partial charge in [0.15, 0.2) is 0 Å². The van der Waals surface area contributed by atoms with E-state index in [1.165, 1.54) is 13.2 Å². The van der Waals surface area contributed by atoms with Gasteiger partial charge in [0, 0.05) is 6.08 Å². The fourth-order valence-electron chi connectivity index (χ4n) is 3.75. The van der Waals surface area contributed by atoms with E-state index in [2.05, 4.69) is 29.9 Å². The van der Waals surface area contributed by atoms with Crippen LogP contribution in [0.25, 0.3) is 11.1 Å². The number of hydrogen-bond acceptors (Lipinski definition) is 4. The Morgan fingerprint density at radius 1 is 1.07 bits per heavy atom. The first-order valence-electron chi connectivity index (χ1n) is 9.43. The van der Waals surface area contributed by atoms with Gasteiger partial charge in [-0.1, -0.05) is 68.5 Å². The standard InChI is InChI=1S/C24H26O4/c1-16-18(11-8-12-19(16)17-9-6-5-7-10-17)15-28-23(26)22-20(24(22,2)3)13-14-21(25)27-4/h5-14,20,22H,15H2,1-4H3. The smallest absolute Gasteiger partial charge is 0.330 e. The van der Waals surface area contributed by atoms with Crippen molar-refractivity contribution >= 4 is 11.9 Å². The quantitative estimate of drug-likeness (QED) is 0.540. The molecule has 0 aromatic heterocycles. The lowest BCUT2D eigenvalue weighted by atomic mass is 9.97. The van der Waals surface area contributed by atoms with E-state index < -0.39 is 5.97 Å². The van der Waals surface area contributed by atoms with Crippen molar-refractivity contribution in [3.63, 3.8) is 0 Å². The lowest BCUT2D eigenvalue weighted by molar-refractivity contribution is -0.147. The molecule has 0 saturated heterocycles. The summed E-state index contributed by atoms with van der Waals surface area (Å²) in [5.41, 5.74) is 4.17. The number of allylic oxidation sites excluding steroid dienone is 1. The number of methoxy groups -OCH3 is 1. The molecule has 2 atom stereocenters. The first-order chi connectivity index (χ1) is 13.4. The molecular weight excluding hydrogens is 352 g/mol. The topological polar surface area (TPSA) is 52.6 Å². The number of carbonyl (C=O) groups excluding carboxylic acids is 2. The van der Waals surface area contributed by atoms with Gasteiger partial charge in [-0.2, -0.15) is 0 Å². The third-order valence-electron chi connectivity index (χ3n) is 5.71. The minimum atomic E-state index is -0.414. The molecule has 0 amide bonds. The Morgan fingerprint density at radius 3 is 2.46 bits per heavy atom. The van der Waals surface area contributed by atoms with Gasteiger partial charge in [-0.25, -0.2) is 4.79 Å². The molecule has 28 heavy (non-hydrogen) atoms. The Labute approximate surface area is 166 Å². The average molecular weight is 378 g/mol. The summed E-state index contributed by atoms with van der Waals surface area (Å²) < 4.78 is 10.3. The molecule has 4 heteroatoms. The van der Waals surface area contributed by atoms with E-state index in [9.17, 15) is 9.59 Å². The molecule has 4 nitrogen and oxygen atoms in total. The van der Waals surface area contributed by atoms with Gasteiger partial charge in [0.25, 0.3) is 0 Å². The molecule has 2 unspecified atom stereocenters. The molecule has 0 N–H and O–H groups in total. The van der Waals surface area contributed by atoms with E-state index in [0.717, 1.165) is 22.3 Å². The zero-order valence-corrected chi connectivity index (χ0v) is 16.8. The monoisotopic (exact) mass is 378 g/mol. The lowest BCUT2D eigenvalue weighted by Crippen LogP contribution is -2.11. The van der Waals surface area contributed by atoms with Gasteiger partial charge in [0.05, 0.1) is 13.0 Å². The Kier molecular flexibility index (Phi) is 5.68. The van der Waals surface area contributed by atoms with E-state index >= 15 is 0 Å². The molecule has 0 radical (unpaired) electrons. The minimum absolute atomic E-state index is 0.0177. The Balaban J connectivity index is 1.67. The molecule has 0 heterocycles. The summed E-state index contributed by atoms with van der Waals surface area (Å²) in [6.45, 7) is 6.30. The lowest BCUT2D eigenvalue weighted by Gasteiger charge is -2.12.